The fourth-order valence-corrected chi connectivity index (χ4v) is 5.03. The van der Waals surface area contributed by atoms with Crippen molar-refractivity contribution < 1.29 is 9.21 Å². The molecule has 5 rings (SSSR count). The Hall–Kier alpha value is -2.37. The second kappa shape index (κ2) is 8.64. The summed E-state index contributed by atoms with van der Waals surface area (Å²) in [6.07, 6.45) is 4.80. The average Bonchev–Trinajstić information content (AvgIpc) is 3.44. The van der Waals surface area contributed by atoms with E-state index in [1.165, 1.54) is 19.2 Å². The molecule has 5 nitrogen and oxygen atoms in total. The lowest BCUT2D eigenvalue weighted by atomic mass is 9.75. The van der Waals surface area contributed by atoms with Crippen LogP contribution < -0.4 is 0 Å². The first kappa shape index (κ1) is 20.5. The molecular weight excluding hydrogens is 433 g/mol. The first-order chi connectivity index (χ1) is 15.1. The average molecular weight is 456 g/mol. The summed E-state index contributed by atoms with van der Waals surface area (Å²) in [5.41, 5.74) is 2.23. The van der Waals surface area contributed by atoms with E-state index in [9.17, 15) is 4.79 Å². The first-order valence-corrected chi connectivity index (χ1v) is 11.4. The number of piperidine rings is 1. The Balaban J connectivity index is 1.57. The molecule has 160 valence electrons. The van der Waals surface area contributed by atoms with Gasteiger partial charge in [0.15, 0.2) is 0 Å². The van der Waals surface area contributed by atoms with Gasteiger partial charge in [0.05, 0.1) is 6.04 Å². The topological polar surface area (TPSA) is 59.2 Å². The molecule has 0 spiro atoms. The van der Waals surface area contributed by atoms with Gasteiger partial charge in [0.25, 0.3) is 0 Å². The van der Waals surface area contributed by atoms with Crippen molar-refractivity contribution in [3.63, 3.8) is 0 Å². The van der Waals surface area contributed by atoms with Crippen LogP contribution in [0.15, 0.2) is 59.3 Å². The number of benzene rings is 2. The zero-order valence-electron chi connectivity index (χ0n) is 17.0. The second-order valence-corrected chi connectivity index (χ2v) is 9.43. The molecule has 1 saturated carbocycles. The number of likely N-dealkylation sites (tertiary alicyclic amines) is 1. The highest BCUT2D eigenvalue weighted by Gasteiger charge is 2.45. The maximum atomic E-state index is 13.7. The third kappa shape index (κ3) is 4.48. The van der Waals surface area contributed by atoms with Crippen molar-refractivity contribution in [1.29, 1.82) is 0 Å². The van der Waals surface area contributed by atoms with E-state index in [2.05, 4.69) is 21.2 Å². The molecule has 1 amide bonds. The van der Waals surface area contributed by atoms with Crippen LogP contribution in [0.25, 0.3) is 0 Å². The van der Waals surface area contributed by atoms with Gasteiger partial charge in [-0.2, -0.15) is 0 Å². The van der Waals surface area contributed by atoms with E-state index in [1.807, 2.05) is 42.5 Å². The van der Waals surface area contributed by atoms with Crippen LogP contribution in [0, 0.1) is 11.8 Å². The van der Waals surface area contributed by atoms with E-state index in [0.29, 0.717) is 34.7 Å². The summed E-state index contributed by atoms with van der Waals surface area (Å²) in [7, 11) is 0. The van der Waals surface area contributed by atoms with Crippen molar-refractivity contribution >= 4 is 29.1 Å². The van der Waals surface area contributed by atoms with Crippen molar-refractivity contribution in [2.24, 2.45) is 11.8 Å². The number of carbonyl (C=O) groups is 1. The highest BCUT2D eigenvalue weighted by molar-refractivity contribution is 6.30. The van der Waals surface area contributed by atoms with Gasteiger partial charge in [-0.1, -0.05) is 47.5 Å². The maximum absolute atomic E-state index is 13.7. The normalized spacial score (nSPS) is 23.9. The van der Waals surface area contributed by atoms with Crippen LogP contribution in [0.3, 0.4) is 0 Å². The number of amides is 1. The molecule has 2 aromatic carbocycles. The summed E-state index contributed by atoms with van der Waals surface area (Å²) < 4.78 is 5.37. The quantitative estimate of drug-likeness (QED) is 0.477. The minimum absolute atomic E-state index is 0.0669. The molecule has 31 heavy (non-hydrogen) atoms. The van der Waals surface area contributed by atoms with Crippen molar-refractivity contribution in [3.05, 3.63) is 82.0 Å². The number of rotatable bonds is 6. The summed E-state index contributed by atoms with van der Waals surface area (Å²) in [6, 6.07) is 15.8. The lowest BCUT2D eigenvalue weighted by Gasteiger charge is -2.45. The number of hydrogen-bond donors (Lipinski definition) is 0. The van der Waals surface area contributed by atoms with Crippen molar-refractivity contribution in [2.75, 3.05) is 6.54 Å². The minimum Gasteiger partial charge on any atom is -0.428 e. The standard InChI is InChI=1S/C24H23Cl2N3O2/c25-19-8-6-16(7-9-19)23-21(17-2-1-3-20(26)10-17)11-18(12-22-28-27-14-31-22)24(30)29(23)13-15-4-5-15/h1-3,6-10,14-15,18,21,23H,4-5,11-13H2/t18-,21?,23-/m1/s1. The Bertz CT molecular complexity index is 1050. The van der Waals surface area contributed by atoms with Crippen molar-refractivity contribution in [2.45, 2.75) is 37.6 Å². The van der Waals surface area contributed by atoms with E-state index < -0.39 is 0 Å². The van der Waals surface area contributed by atoms with Gasteiger partial charge in [-0.25, -0.2) is 0 Å². The fourth-order valence-electron chi connectivity index (χ4n) is 4.70. The van der Waals surface area contributed by atoms with Gasteiger partial charge >= 0.3 is 0 Å². The number of aromatic nitrogens is 2. The second-order valence-electron chi connectivity index (χ2n) is 8.56. The van der Waals surface area contributed by atoms with Crippen LogP contribution >= 0.6 is 23.2 Å². The third-order valence-corrected chi connectivity index (χ3v) is 6.84. The molecule has 2 aliphatic rings. The molecule has 2 heterocycles. The molecular formula is C24H23Cl2N3O2. The van der Waals surface area contributed by atoms with Crippen LogP contribution in [0.1, 0.15) is 48.2 Å². The van der Waals surface area contributed by atoms with Crippen molar-refractivity contribution in [1.82, 2.24) is 15.1 Å². The predicted molar refractivity (Wildman–Crippen MR) is 119 cm³/mol. The number of carbonyl (C=O) groups excluding carboxylic acids is 1. The third-order valence-electron chi connectivity index (χ3n) is 6.35. The molecule has 0 bridgehead atoms. The monoisotopic (exact) mass is 455 g/mol. The van der Waals surface area contributed by atoms with E-state index in [-0.39, 0.29) is 23.8 Å². The lowest BCUT2D eigenvalue weighted by molar-refractivity contribution is -0.143. The van der Waals surface area contributed by atoms with Crippen LogP contribution in [0.5, 0.6) is 0 Å². The van der Waals surface area contributed by atoms with Gasteiger partial charge in [0.2, 0.25) is 18.2 Å². The molecule has 0 N–H and O–H groups in total. The Morgan fingerprint density at radius 1 is 1.03 bits per heavy atom. The van der Waals surface area contributed by atoms with Crippen LogP contribution in [-0.2, 0) is 11.2 Å². The highest BCUT2D eigenvalue weighted by atomic mass is 35.5. The Labute approximate surface area is 191 Å². The zero-order valence-corrected chi connectivity index (χ0v) is 18.5. The smallest absolute Gasteiger partial charge is 0.226 e. The molecule has 3 aromatic rings. The van der Waals surface area contributed by atoms with Gasteiger partial charge in [-0.3, -0.25) is 4.79 Å². The molecule has 0 radical (unpaired) electrons. The summed E-state index contributed by atoms with van der Waals surface area (Å²) >= 11 is 12.5. The Kier molecular flexibility index (Phi) is 5.72. The summed E-state index contributed by atoms with van der Waals surface area (Å²) in [4.78, 5) is 15.8. The largest absolute Gasteiger partial charge is 0.428 e. The summed E-state index contributed by atoms with van der Waals surface area (Å²) in [6.45, 7) is 0.767. The van der Waals surface area contributed by atoms with Gasteiger partial charge in [-0.05, 0) is 60.6 Å². The van der Waals surface area contributed by atoms with E-state index in [4.69, 9.17) is 27.6 Å². The molecule has 1 aliphatic carbocycles. The van der Waals surface area contributed by atoms with Gasteiger partial charge in [-0.15, -0.1) is 10.2 Å². The van der Waals surface area contributed by atoms with Crippen LogP contribution in [0.4, 0.5) is 0 Å². The Morgan fingerprint density at radius 2 is 1.84 bits per heavy atom. The molecule has 2 fully saturated rings. The number of nitrogens with zero attached hydrogens (tertiary/aromatic N) is 3. The molecule has 1 unspecified atom stereocenters. The number of hydrogen-bond acceptors (Lipinski definition) is 4. The number of halogens is 2. The SMILES string of the molecule is O=C1[C@@H](Cc2nnco2)CC(c2cccc(Cl)c2)[C@@H](c2ccc(Cl)cc2)N1CC1CC1. The van der Waals surface area contributed by atoms with E-state index >= 15 is 0 Å². The van der Waals surface area contributed by atoms with Crippen molar-refractivity contribution in [3.8, 4) is 0 Å². The lowest BCUT2D eigenvalue weighted by Crippen LogP contribution is -2.48. The van der Waals surface area contributed by atoms with Crippen LogP contribution in [-0.4, -0.2) is 27.5 Å². The summed E-state index contributed by atoms with van der Waals surface area (Å²) in [5, 5.41) is 9.19. The summed E-state index contributed by atoms with van der Waals surface area (Å²) in [5.74, 6) is 1.11. The first-order valence-electron chi connectivity index (χ1n) is 10.6. The van der Waals surface area contributed by atoms with Gasteiger partial charge in [0, 0.05) is 34.8 Å². The maximum Gasteiger partial charge on any atom is 0.226 e. The molecule has 1 saturated heterocycles. The molecule has 3 atom stereocenters. The highest BCUT2D eigenvalue weighted by Crippen LogP contribution is 2.47. The van der Waals surface area contributed by atoms with Crippen LogP contribution in [0.2, 0.25) is 10.0 Å². The van der Waals surface area contributed by atoms with E-state index in [1.54, 1.807) is 0 Å². The Morgan fingerprint density at radius 3 is 2.52 bits per heavy atom. The van der Waals surface area contributed by atoms with E-state index in [0.717, 1.165) is 17.7 Å². The van der Waals surface area contributed by atoms with Gasteiger partial charge < -0.3 is 9.32 Å². The fraction of sp³-hybridized carbons (Fsp3) is 0.375. The van der Waals surface area contributed by atoms with Gasteiger partial charge in [0.1, 0.15) is 0 Å². The predicted octanol–water partition coefficient (Wildman–Crippen LogP) is 5.70. The molecule has 7 heteroatoms. The zero-order chi connectivity index (χ0) is 21.4. The minimum atomic E-state index is -0.216. The molecule has 1 aliphatic heterocycles. The molecule has 1 aromatic heterocycles.